The van der Waals surface area contributed by atoms with Crippen molar-refractivity contribution in [2.24, 2.45) is 0 Å². The van der Waals surface area contributed by atoms with Gasteiger partial charge in [0, 0.05) is 12.7 Å². The van der Waals surface area contributed by atoms with E-state index in [2.05, 4.69) is 10.0 Å². The van der Waals surface area contributed by atoms with Gasteiger partial charge >= 0.3 is 5.97 Å². The monoisotopic (exact) mass is 420 g/mol. The van der Waals surface area contributed by atoms with Gasteiger partial charge in [0.2, 0.25) is 0 Å². The van der Waals surface area contributed by atoms with Crippen LogP contribution in [0.2, 0.25) is 0 Å². The topological polar surface area (TPSA) is 111 Å². The summed E-state index contributed by atoms with van der Waals surface area (Å²) in [4.78, 5) is 23.9. The molecule has 0 aromatic heterocycles. The van der Waals surface area contributed by atoms with Crippen molar-refractivity contribution in [3.05, 3.63) is 53.6 Å². The van der Waals surface area contributed by atoms with E-state index in [4.69, 9.17) is 9.47 Å². The number of aryl methyl sites for hydroxylation is 1. The molecule has 8 nitrogen and oxygen atoms in total. The Balaban J connectivity index is 2.24. The van der Waals surface area contributed by atoms with Gasteiger partial charge in [-0.3, -0.25) is 9.52 Å². The third kappa shape index (κ3) is 5.71. The van der Waals surface area contributed by atoms with Crippen molar-refractivity contribution in [1.82, 2.24) is 5.32 Å². The van der Waals surface area contributed by atoms with Crippen LogP contribution >= 0.6 is 0 Å². The van der Waals surface area contributed by atoms with Gasteiger partial charge in [0.15, 0.2) is 6.10 Å². The molecule has 29 heavy (non-hydrogen) atoms. The van der Waals surface area contributed by atoms with Gasteiger partial charge in [0.05, 0.1) is 17.1 Å². The Morgan fingerprint density at radius 3 is 2.34 bits per heavy atom. The van der Waals surface area contributed by atoms with Gasteiger partial charge in [-0.2, -0.15) is 0 Å². The van der Waals surface area contributed by atoms with E-state index in [1.54, 1.807) is 31.2 Å². The van der Waals surface area contributed by atoms with Crippen LogP contribution in [0, 0.1) is 6.92 Å². The molecule has 0 fully saturated rings. The summed E-state index contributed by atoms with van der Waals surface area (Å²) in [6.45, 7) is 5.44. The third-order valence-electron chi connectivity index (χ3n) is 4.06. The van der Waals surface area contributed by atoms with Gasteiger partial charge in [0.25, 0.3) is 15.9 Å². The summed E-state index contributed by atoms with van der Waals surface area (Å²) in [6.07, 6.45) is -1.01. The maximum atomic E-state index is 12.7. The molecule has 2 aromatic carbocycles. The average Bonchev–Trinajstić information content (AvgIpc) is 2.68. The highest BCUT2D eigenvalue weighted by Gasteiger charge is 2.22. The molecular weight excluding hydrogens is 396 g/mol. The second-order valence-corrected chi connectivity index (χ2v) is 7.88. The molecule has 1 atom stereocenters. The van der Waals surface area contributed by atoms with Crippen molar-refractivity contribution >= 4 is 27.6 Å². The number of hydrogen-bond acceptors (Lipinski definition) is 6. The number of benzene rings is 2. The van der Waals surface area contributed by atoms with Crippen LogP contribution in [-0.2, 0) is 19.6 Å². The minimum Gasteiger partial charge on any atom is -0.494 e. The minimum atomic E-state index is -3.94. The number of likely N-dealkylation sites (N-methyl/N-ethyl adjacent to an activating group) is 1. The quantitative estimate of drug-likeness (QED) is 0.635. The second-order valence-electron chi connectivity index (χ2n) is 6.20. The number of amides is 1. The van der Waals surface area contributed by atoms with Gasteiger partial charge in [0.1, 0.15) is 5.75 Å². The maximum absolute atomic E-state index is 12.7. The van der Waals surface area contributed by atoms with E-state index < -0.39 is 28.0 Å². The minimum absolute atomic E-state index is 0.0651. The lowest BCUT2D eigenvalue weighted by atomic mass is 10.1. The van der Waals surface area contributed by atoms with E-state index in [0.717, 1.165) is 0 Å². The highest BCUT2D eigenvalue weighted by atomic mass is 32.2. The molecule has 1 amide bonds. The van der Waals surface area contributed by atoms with Gasteiger partial charge in [-0.05, 0) is 62.7 Å². The number of ether oxygens (including phenoxy) is 2. The van der Waals surface area contributed by atoms with Crippen molar-refractivity contribution < 1.29 is 27.5 Å². The molecule has 0 bridgehead atoms. The van der Waals surface area contributed by atoms with Crippen LogP contribution in [0.3, 0.4) is 0 Å². The van der Waals surface area contributed by atoms with E-state index in [0.29, 0.717) is 23.6 Å². The molecular formula is C20H24N2O6S. The number of anilines is 1. The van der Waals surface area contributed by atoms with E-state index >= 15 is 0 Å². The summed E-state index contributed by atoms with van der Waals surface area (Å²) in [5.41, 5.74) is 0.945. The maximum Gasteiger partial charge on any atom is 0.339 e. The van der Waals surface area contributed by atoms with E-state index in [1.165, 1.54) is 32.2 Å². The fraction of sp³-hybridized carbons (Fsp3) is 0.300. The highest BCUT2D eigenvalue weighted by molar-refractivity contribution is 7.92. The molecule has 0 radical (unpaired) electrons. The number of carbonyl (C=O) groups is 2. The van der Waals surface area contributed by atoms with Crippen LogP contribution in [0.25, 0.3) is 0 Å². The zero-order valence-electron chi connectivity index (χ0n) is 16.7. The summed E-state index contributed by atoms with van der Waals surface area (Å²) in [7, 11) is -2.51. The largest absolute Gasteiger partial charge is 0.494 e. The lowest BCUT2D eigenvalue weighted by Gasteiger charge is -2.14. The Bertz CT molecular complexity index is 987. The summed E-state index contributed by atoms with van der Waals surface area (Å²) in [5.74, 6) is -0.616. The Labute approximate surface area is 170 Å². The number of hydrogen-bond donors (Lipinski definition) is 2. The van der Waals surface area contributed by atoms with Gasteiger partial charge < -0.3 is 14.8 Å². The molecule has 0 aliphatic carbocycles. The van der Waals surface area contributed by atoms with Crippen molar-refractivity contribution in [3.63, 3.8) is 0 Å². The van der Waals surface area contributed by atoms with Gasteiger partial charge in [-0.25, -0.2) is 13.2 Å². The van der Waals surface area contributed by atoms with Crippen molar-refractivity contribution in [2.75, 3.05) is 18.4 Å². The molecule has 2 N–H and O–H groups in total. The summed E-state index contributed by atoms with van der Waals surface area (Å²) >= 11 is 0. The number of carbonyl (C=O) groups excluding carboxylic acids is 2. The number of rotatable bonds is 8. The fourth-order valence-electron chi connectivity index (χ4n) is 2.47. The summed E-state index contributed by atoms with van der Waals surface area (Å²) in [5, 5.41) is 2.38. The second kappa shape index (κ2) is 9.42. The first kappa shape index (κ1) is 22.2. The summed E-state index contributed by atoms with van der Waals surface area (Å²) in [6, 6.07) is 10.6. The fourth-order valence-corrected chi connectivity index (χ4v) is 3.55. The Morgan fingerprint density at radius 2 is 1.76 bits per heavy atom. The van der Waals surface area contributed by atoms with E-state index in [-0.39, 0.29) is 10.5 Å². The molecule has 0 aliphatic heterocycles. The smallest absolute Gasteiger partial charge is 0.339 e. The Kier molecular flexibility index (Phi) is 7.22. The predicted octanol–water partition coefficient (Wildman–Crippen LogP) is 2.49. The van der Waals surface area contributed by atoms with Crippen LogP contribution in [0.1, 0.15) is 29.8 Å². The molecule has 2 aromatic rings. The summed E-state index contributed by atoms with van der Waals surface area (Å²) < 4.78 is 38.3. The molecule has 0 unspecified atom stereocenters. The molecule has 0 saturated heterocycles. The standard InChI is InChI=1S/C20H24N2O6S/c1-5-27-16-9-7-15(8-10-16)22-29(25,26)17-11-6-13(2)18(12-17)20(24)28-14(3)19(23)21-4/h6-12,14,22H,5H2,1-4H3,(H,21,23)/t14-/m0/s1. The molecule has 0 spiro atoms. The predicted molar refractivity (Wildman–Crippen MR) is 109 cm³/mol. The SMILES string of the molecule is CCOc1ccc(NS(=O)(=O)c2ccc(C)c(C(=O)O[C@@H](C)C(=O)NC)c2)cc1. The zero-order valence-corrected chi connectivity index (χ0v) is 17.5. The van der Waals surface area contributed by atoms with Crippen molar-refractivity contribution in [3.8, 4) is 5.75 Å². The van der Waals surface area contributed by atoms with Crippen LogP contribution in [0.5, 0.6) is 5.75 Å². The molecule has 2 rings (SSSR count). The molecule has 0 heterocycles. The van der Waals surface area contributed by atoms with Gasteiger partial charge in [-0.15, -0.1) is 0 Å². The number of nitrogens with one attached hydrogen (secondary N) is 2. The first-order valence-corrected chi connectivity index (χ1v) is 10.4. The molecule has 0 aliphatic rings. The average molecular weight is 420 g/mol. The Hall–Kier alpha value is -3.07. The van der Waals surface area contributed by atoms with Crippen molar-refractivity contribution in [2.45, 2.75) is 31.8 Å². The van der Waals surface area contributed by atoms with Crippen LogP contribution < -0.4 is 14.8 Å². The van der Waals surface area contributed by atoms with Crippen LogP contribution in [0.4, 0.5) is 5.69 Å². The zero-order chi connectivity index (χ0) is 21.6. The molecule has 9 heteroatoms. The van der Waals surface area contributed by atoms with Crippen LogP contribution in [-0.4, -0.2) is 40.1 Å². The normalized spacial score (nSPS) is 12.0. The highest BCUT2D eigenvalue weighted by Crippen LogP contribution is 2.22. The number of sulfonamides is 1. The first-order valence-electron chi connectivity index (χ1n) is 8.96. The molecule has 0 saturated carbocycles. The van der Waals surface area contributed by atoms with Crippen molar-refractivity contribution in [1.29, 1.82) is 0 Å². The lowest BCUT2D eigenvalue weighted by Crippen LogP contribution is -2.33. The van der Waals surface area contributed by atoms with E-state index in [9.17, 15) is 18.0 Å². The first-order chi connectivity index (χ1) is 13.7. The lowest BCUT2D eigenvalue weighted by molar-refractivity contribution is -0.128. The van der Waals surface area contributed by atoms with E-state index in [1.807, 2.05) is 6.92 Å². The Morgan fingerprint density at radius 1 is 1.10 bits per heavy atom. The molecule has 156 valence electrons. The number of esters is 1. The third-order valence-corrected chi connectivity index (χ3v) is 5.44. The van der Waals surface area contributed by atoms with Gasteiger partial charge in [-0.1, -0.05) is 6.07 Å². The van der Waals surface area contributed by atoms with Crippen LogP contribution in [0.15, 0.2) is 47.4 Å².